The van der Waals surface area contributed by atoms with E-state index in [0.717, 1.165) is 0 Å². The van der Waals surface area contributed by atoms with Gasteiger partial charge in [-0.3, -0.25) is 0 Å². The summed E-state index contributed by atoms with van der Waals surface area (Å²) in [5.74, 6) is 0. The van der Waals surface area contributed by atoms with Crippen molar-refractivity contribution in [3.8, 4) is 6.19 Å². The summed E-state index contributed by atoms with van der Waals surface area (Å²) in [5.41, 5.74) is 8.07. The van der Waals surface area contributed by atoms with Crippen LogP contribution in [0.5, 0.6) is 0 Å². The van der Waals surface area contributed by atoms with E-state index in [4.69, 9.17) is 10.8 Å². The van der Waals surface area contributed by atoms with Gasteiger partial charge in [-0.1, -0.05) is 0 Å². The molecule has 0 saturated carbocycles. The molecule has 146 nitrogen and oxygen atoms in total. The van der Waals surface area contributed by atoms with Crippen LogP contribution in [0.25, 0.3) is 0 Å². The third-order valence-corrected chi connectivity index (χ3v) is 5.79. The Kier molecular flexibility index (Phi) is 93.1. The maximum absolute atomic E-state index is 8.09. The van der Waals surface area contributed by atoms with Crippen LogP contribution in [0.1, 0.15) is 0 Å². The van der Waals surface area contributed by atoms with E-state index in [-0.39, 0.29) is 0 Å². The van der Waals surface area contributed by atoms with Crippen molar-refractivity contribution in [1.29, 1.82) is 10.8 Å². The summed E-state index contributed by atoms with van der Waals surface area (Å²) in [5, 5.41) is 436. The van der Waals surface area contributed by atoms with Crippen molar-refractivity contribution in [2.24, 2.45) is 747 Å². The summed E-state index contributed by atoms with van der Waals surface area (Å²) in [6, 6.07) is 0. The van der Waals surface area contributed by atoms with E-state index in [1.54, 1.807) is 5.43 Å². The second kappa shape index (κ2) is 116. The predicted octanol–water partition coefficient (Wildman–Crippen LogP) is 26.1. The largest absolute Gasteiger partial charge is 0.200 e. The number of nitriles is 1. The van der Waals surface area contributed by atoms with Gasteiger partial charge in [-0.2, -0.15) is 16.2 Å². The molecular weight excluding hydrogens is 2060 g/mol. The molecule has 0 bridgehead atoms. The summed E-state index contributed by atoms with van der Waals surface area (Å²) in [4.78, 5) is 0. The first-order chi connectivity index (χ1) is 73.4. The van der Waals surface area contributed by atoms with Crippen LogP contribution in [0.4, 0.5) is 0 Å². The lowest BCUT2D eigenvalue weighted by atomic mass is 11.4. The van der Waals surface area contributed by atoms with Crippen LogP contribution >= 0.6 is 0 Å². The quantitative estimate of drug-likeness (QED) is 0.0259. The molecular formula is CH2N146. The lowest BCUT2D eigenvalue weighted by molar-refractivity contribution is 0.722. The zero-order chi connectivity index (χ0) is 105. The molecule has 0 aromatic carbocycles. The van der Waals surface area contributed by atoms with Crippen molar-refractivity contribution >= 4 is 0 Å². The van der Waals surface area contributed by atoms with Crippen LogP contribution in [-0.2, 0) is 0 Å². The monoisotopic (exact) mass is 2060 g/mol. The van der Waals surface area contributed by atoms with Crippen LogP contribution in [-0.4, -0.2) is 0 Å². The van der Waals surface area contributed by atoms with Crippen LogP contribution < -0.4 is 5.43 Å². The van der Waals surface area contributed by atoms with Gasteiger partial charge in [0.2, 0.25) is 0 Å². The van der Waals surface area contributed by atoms with Gasteiger partial charge in [0.25, 0.3) is 0 Å². The van der Waals surface area contributed by atoms with Crippen molar-refractivity contribution in [2.75, 3.05) is 0 Å². The van der Waals surface area contributed by atoms with Crippen molar-refractivity contribution in [1.82, 2.24) is 5.43 Å². The van der Waals surface area contributed by atoms with Crippen molar-refractivity contribution in [3.05, 3.63) is 0 Å². The molecule has 0 spiro atoms. The first-order valence-electron chi connectivity index (χ1n) is 29.3. The zero-order valence-electron chi connectivity index (χ0n) is 65.9. The number of rotatable bonds is 72. The average Bonchev–Trinajstić information content (AvgIpc) is 1.11. The molecule has 0 aliphatic heterocycles. The third-order valence-electron chi connectivity index (χ3n) is 5.79. The Hall–Kier alpha value is -29.5. The minimum absolute atomic E-state index is 1.43. The van der Waals surface area contributed by atoms with Gasteiger partial charge in [0, 0.05) is 663 Å². The first-order valence-corrected chi connectivity index (χ1v) is 29.3. The molecule has 0 heterocycles. The van der Waals surface area contributed by atoms with Gasteiger partial charge in [0.15, 0.2) is 6.19 Å². The summed E-state index contributed by atoms with van der Waals surface area (Å²) in [6.45, 7) is 0. The lowest BCUT2D eigenvalue weighted by Crippen LogP contribution is -1.88. The van der Waals surface area contributed by atoms with Gasteiger partial charge in [0.1, 0.15) is 0 Å². The molecule has 0 unspecified atom stereocenters. The van der Waals surface area contributed by atoms with E-state index >= 15 is 0 Å². The molecule has 0 aliphatic rings. The maximum atomic E-state index is 8.09. The highest BCUT2D eigenvalue weighted by Gasteiger charge is 1.85. The molecule has 0 saturated heterocycles. The third kappa shape index (κ3) is 116. The Morgan fingerprint density at radius 1 is 0.0816 bits per heavy atom. The highest BCUT2D eigenvalue weighted by Crippen LogP contribution is 2.03. The fourth-order valence-corrected chi connectivity index (χ4v) is 2.57. The van der Waals surface area contributed by atoms with Gasteiger partial charge in [-0.25, -0.2) is 0 Å². The first kappa shape index (κ1) is 117. The summed E-state index contributed by atoms with van der Waals surface area (Å²) >= 11 is 0. The SMILES string of the molecule is N#CN/N=N/N=N/N=N/N=N/N=N/N=N/N=N/N=N/N=N/N=N/N=N/N=N/N=N/N=N/N=N/N=N/N=N/N=N/N=N/N=N/N=N/N=N/N=N/N=N/N=N/N=N/N=N/N=N/N=N/N=N/N=N/N=N/N=N/N=N/N=N/N=N/N=N/N=N/N=N/N=N/N=N/N=N/N=N/N=N/N=N/N=N/N=N/N=N/N=N/N=N/N=N/N=N/N=N/N=N/N=N/N=N/N=N/N=N/N=N/N=N/N=N/N=N/N=N/N=N/N=N/N=N/N=N/N=N/N=N/N=N/N=N/N=N. The van der Waals surface area contributed by atoms with Gasteiger partial charge in [-0.05, 0) is 83.6 Å². The summed E-state index contributed by atoms with van der Waals surface area (Å²) in [6.07, 6.45) is 1.43. The average molecular weight is 2060 g/mol. The molecule has 736 valence electrons. The predicted molar refractivity (Wildman–Crippen MR) is 359 cm³/mol. The highest BCUT2D eigenvalue weighted by atomic mass is 15.9. The molecule has 0 aromatic heterocycles. The second-order valence-electron chi connectivity index (χ2n) is 13.0. The maximum Gasteiger partial charge on any atom is 0.200 e. The lowest BCUT2D eigenvalue weighted by Gasteiger charge is -1.72. The highest BCUT2D eigenvalue weighted by molar-refractivity contribution is 4.56. The Balaban J connectivity index is 4.14. The molecule has 2 N–H and O–H groups in total. The van der Waals surface area contributed by atoms with Crippen LogP contribution in [0, 0.1) is 17.0 Å². The molecule has 0 atom stereocenters. The van der Waals surface area contributed by atoms with E-state index in [1.807, 2.05) is 0 Å². The van der Waals surface area contributed by atoms with Crippen LogP contribution in [0.2, 0.25) is 0 Å². The normalized spacial score (nSPS) is 15.6. The second-order valence-corrected chi connectivity index (χ2v) is 13.0. The van der Waals surface area contributed by atoms with E-state index in [2.05, 4.69) is 747 Å². The van der Waals surface area contributed by atoms with E-state index < -0.39 is 0 Å². The van der Waals surface area contributed by atoms with E-state index in [1.165, 1.54) is 6.19 Å². The summed E-state index contributed by atoms with van der Waals surface area (Å²) < 4.78 is 0. The van der Waals surface area contributed by atoms with Crippen LogP contribution in [0.15, 0.2) is 747 Å². The van der Waals surface area contributed by atoms with Gasteiger partial charge in [-0.15, -0.1) is 0 Å². The van der Waals surface area contributed by atoms with Crippen molar-refractivity contribution in [3.63, 3.8) is 0 Å². The van der Waals surface area contributed by atoms with E-state index in [0.29, 0.717) is 0 Å². The Morgan fingerprint density at radius 2 is 0.129 bits per heavy atom. The molecule has 146 heteroatoms. The molecule has 0 aliphatic carbocycles. The van der Waals surface area contributed by atoms with Crippen molar-refractivity contribution < 1.29 is 0 Å². The Bertz CT molecular complexity index is 5330. The Labute approximate surface area is 768 Å². The molecule has 0 radical (unpaired) electrons. The van der Waals surface area contributed by atoms with Gasteiger partial charge in [0.05, 0.1) is 0 Å². The van der Waals surface area contributed by atoms with Crippen LogP contribution in [0.3, 0.4) is 0 Å². The molecule has 0 fully saturated rings. The topological polar surface area (TPSA) is 1830 Å². The standard InChI is InChI=1S/CH2N146/c2-1-4-6-8-10-12-14-16-18-20-22-24-26-28-30-32-34-36-38-40-42-44-46-48-50-52-54-56-58-60-62-64-66-68-70-72-74-76-78-80-82-84-86-88-90-92-94-96-98-100-102-104-106-108-110-112-114-116-118-120-122-124-126-128-130-132-134-136-138-140-142-144-146-147-145-143-141-139-137-135-133-131-129-127-125-123-121-119-117-115-113-111-109-107-105-103-101-99-97-95-93-91-89-87-85-83-81-79-77-75-73-71-69-67-65-63-61-59-57-55-53-51-49-47-45-43-41-39-37-35-33-31-29-27-25-23-21-19-17-15-13-11-9-7-5-3/h(H2,3,4,7,8,11,12,15,16,19,20,23,24,27,28,31,32,35,36,39,40,43,44,47,48,51,52,55,56,59,60,63,64,67,68,71,72,75,76,79,80,83,84,87,88,91,92,95,96,99,100,103,104,107,108,111,112,115,116,119,120,123,124,127,128,131,132,135,136,139,140,143,144,147). The fraction of sp³-hybridized carbons (Fsp3) is 0. The number of nitrogens with zero attached hydrogens (tertiary/aromatic N) is 144. The minimum Gasteiger partial charge on any atom is -0.193 e. The van der Waals surface area contributed by atoms with Gasteiger partial charge < -0.3 is 0 Å². The molecule has 0 amide bonds. The number of hydrogen-bond donors (Lipinski definition) is 2. The number of hydrogen-bond acceptors (Lipinski definition) is 3. The van der Waals surface area contributed by atoms with E-state index in [9.17, 15) is 0 Å². The minimum atomic E-state index is 1.43. The number of nitrogens with one attached hydrogen (secondary N) is 2. The summed E-state index contributed by atoms with van der Waals surface area (Å²) in [7, 11) is 0. The fourth-order valence-electron chi connectivity index (χ4n) is 2.57. The zero-order valence-corrected chi connectivity index (χ0v) is 65.9. The molecule has 0 aromatic rings. The van der Waals surface area contributed by atoms with Gasteiger partial charge >= 0.3 is 0 Å². The van der Waals surface area contributed by atoms with Crippen molar-refractivity contribution in [2.45, 2.75) is 0 Å². The molecule has 147 heavy (non-hydrogen) atoms. The Morgan fingerprint density at radius 3 is 0.177 bits per heavy atom. The smallest absolute Gasteiger partial charge is 0.193 e. The molecule has 0 rings (SSSR count).